The second-order valence-electron chi connectivity index (χ2n) is 8.53. The van der Waals surface area contributed by atoms with Gasteiger partial charge in [0.25, 0.3) is 0 Å². The summed E-state index contributed by atoms with van der Waals surface area (Å²) < 4.78 is 20.7. The molecule has 10 heteroatoms. The van der Waals surface area contributed by atoms with E-state index in [2.05, 4.69) is 55.8 Å². The Kier molecular flexibility index (Phi) is 6.44. The Morgan fingerprint density at radius 1 is 1.12 bits per heavy atom. The Bertz CT molecular complexity index is 1280. The highest BCUT2D eigenvalue weighted by molar-refractivity contribution is 7.99. The fourth-order valence-electron chi connectivity index (χ4n) is 4.49. The monoisotopic (exact) mass is 480 g/mol. The van der Waals surface area contributed by atoms with Gasteiger partial charge in [0.05, 0.1) is 43.8 Å². The van der Waals surface area contributed by atoms with E-state index in [4.69, 9.17) is 13.9 Å². The standard InChI is InChI=1S/C24H28N6O3S/c1-14-11-30(12-15(2)32-14)13-18-9-26-23(33-18)19-5-16(6-21-20(19)10-27-28-21)17-7-22(29-34-4)24(31-3)25-8-17/h5-10,14-15,29H,11-13H2,1-4H3,(H,27,28)/t14-,15-/m1/s1. The molecule has 2 N–H and O–H groups in total. The Hall–Kier alpha value is -3.08. The van der Waals surface area contributed by atoms with Gasteiger partial charge >= 0.3 is 0 Å². The molecular weight excluding hydrogens is 452 g/mol. The quantitative estimate of drug-likeness (QED) is 0.368. The molecule has 178 valence electrons. The summed E-state index contributed by atoms with van der Waals surface area (Å²) in [6.07, 6.45) is 7.78. The number of fused-ring (bicyclic) bond motifs is 1. The maximum Gasteiger partial charge on any atom is 0.237 e. The van der Waals surface area contributed by atoms with Gasteiger partial charge in [-0.1, -0.05) is 11.9 Å². The Morgan fingerprint density at radius 2 is 1.94 bits per heavy atom. The third kappa shape index (κ3) is 4.61. The zero-order chi connectivity index (χ0) is 23.7. The average molecular weight is 481 g/mol. The summed E-state index contributed by atoms with van der Waals surface area (Å²) in [6, 6.07) is 6.14. The lowest BCUT2D eigenvalue weighted by molar-refractivity contribution is -0.0718. The van der Waals surface area contributed by atoms with Gasteiger partial charge < -0.3 is 18.6 Å². The predicted octanol–water partition coefficient (Wildman–Crippen LogP) is 4.59. The molecule has 0 amide bonds. The number of aromatic nitrogens is 4. The lowest BCUT2D eigenvalue weighted by atomic mass is 10.0. The van der Waals surface area contributed by atoms with Crippen LogP contribution >= 0.6 is 11.9 Å². The van der Waals surface area contributed by atoms with Gasteiger partial charge in [0.1, 0.15) is 11.4 Å². The number of aromatic amines is 1. The molecule has 4 heterocycles. The molecule has 1 aliphatic rings. The van der Waals surface area contributed by atoms with Crippen LogP contribution in [0.1, 0.15) is 19.6 Å². The lowest BCUT2D eigenvalue weighted by Gasteiger charge is -2.34. The summed E-state index contributed by atoms with van der Waals surface area (Å²) in [6.45, 7) is 6.65. The highest BCUT2D eigenvalue weighted by Crippen LogP contribution is 2.35. The fourth-order valence-corrected chi connectivity index (χ4v) is 4.86. The predicted molar refractivity (Wildman–Crippen MR) is 134 cm³/mol. The van der Waals surface area contributed by atoms with Crippen molar-refractivity contribution in [3.05, 3.63) is 42.5 Å². The van der Waals surface area contributed by atoms with Crippen molar-refractivity contribution < 1.29 is 13.9 Å². The zero-order valence-electron chi connectivity index (χ0n) is 19.7. The van der Waals surface area contributed by atoms with E-state index in [1.54, 1.807) is 19.5 Å². The number of oxazole rings is 1. The molecule has 0 spiro atoms. The van der Waals surface area contributed by atoms with Crippen molar-refractivity contribution in [1.82, 2.24) is 25.1 Å². The SMILES string of the molecule is COc1ncc(-c2cc(-c3ncc(CN4C[C@@H](C)O[C@H](C)C4)o3)c3cn[nH]c3c2)cc1NSC. The maximum atomic E-state index is 6.22. The molecule has 0 bridgehead atoms. The van der Waals surface area contributed by atoms with Crippen molar-refractivity contribution in [1.29, 1.82) is 0 Å². The second-order valence-corrected chi connectivity index (χ2v) is 9.14. The summed E-state index contributed by atoms with van der Waals surface area (Å²) in [5.74, 6) is 1.95. The third-order valence-electron chi connectivity index (χ3n) is 5.81. The molecule has 4 aromatic rings. The largest absolute Gasteiger partial charge is 0.480 e. The van der Waals surface area contributed by atoms with Crippen LogP contribution in [0.15, 0.2) is 41.2 Å². The molecule has 34 heavy (non-hydrogen) atoms. The molecule has 2 atom stereocenters. The van der Waals surface area contributed by atoms with E-state index in [0.29, 0.717) is 18.3 Å². The van der Waals surface area contributed by atoms with Gasteiger partial charge in [0, 0.05) is 42.1 Å². The van der Waals surface area contributed by atoms with E-state index in [0.717, 1.165) is 52.1 Å². The van der Waals surface area contributed by atoms with Gasteiger partial charge in [-0.3, -0.25) is 10.00 Å². The van der Waals surface area contributed by atoms with E-state index in [9.17, 15) is 0 Å². The molecular formula is C24H28N6O3S. The van der Waals surface area contributed by atoms with Gasteiger partial charge in [0.2, 0.25) is 11.8 Å². The van der Waals surface area contributed by atoms with Gasteiger partial charge in [0.15, 0.2) is 0 Å². The Morgan fingerprint density at radius 3 is 2.71 bits per heavy atom. The Labute approximate surface area is 202 Å². The first-order chi connectivity index (χ1) is 16.5. The number of nitrogens with zero attached hydrogens (tertiary/aromatic N) is 4. The van der Waals surface area contributed by atoms with Crippen LogP contribution < -0.4 is 9.46 Å². The minimum atomic E-state index is 0.206. The second kappa shape index (κ2) is 9.65. The molecule has 1 fully saturated rings. The highest BCUT2D eigenvalue weighted by atomic mass is 32.2. The third-order valence-corrected chi connectivity index (χ3v) is 6.23. The fraction of sp³-hybridized carbons (Fsp3) is 0.375. The average Bonchev–Trinajstić information content (AvgIpc) is 3.47. The van der Waals surface area contributed by atoms with E-state index < -0.39 is 0 Å². The van der Waals surface area contributed by atoms with Crippen LogP contribution in [-0.2, 0) is 11.3 Å². The Balaban J connectivity index is 1.48. The number of hydrogen-bond acceptors (Lipinski definition) is 9. The molecule has 9 nitrogen and oxygen atoms in total. The minimum absolute atomic E-state index is 0.206. The van der Waals surface area contributed by atoms with Gasteiger partial charge in [-0.15, -0.1) is 0 Å². The number of morpholine rings is 1. The summed E-state index contributed by atoms with van der Waals surface area (Å²) >= 11 is 1.49. The lowest BCUT2D eigenvalue weighted by Crippen LogP contribution is -2.44. The zero-order valence-corrected chi connectivity index (χ0v) is 20.5. The van der Waals surface area contributed by atoms with E-state index in [1.807, 2.05) is 18.5 Å². The van der Waals surface area contributed by atoms with E-state index in [1.165, 1.54) is 11.9 Å². The topological polar surface area (TPSA) is 101 Å². The molecule has 1 saturated heterocycles. The number of H-pyrrole nitrogens is 1. The number of anilines is 1. The number of nitrogens with one attached hydrogen (secondary N) is 2. The molecule has 0 saturated carbocycles. The van der Waals surface area contributed by atoms with Crippen molar-refractivity contribution in [2.75, 3.05) is 31.2 Å². The summed E-state index contributed by atoms with van der Waals surface area (Å²) in [7, 11) is 1.61. The van der Waals surface area contributed by atoms with Crippen molar-refractivity contribution in [2.45, 2.75) is 32.6 Å². The number of pyridine rings is 1. The van der Waals surface area contributed by atoms with Crippen LogP contribution in [0.3, 0.4) is 0 Å². The summed E-state index contributed by atoms with van der Waals surface area (Å²) in [5, 5.41) is 8.28. The maximum absolute atomic E-state index is 6.22. The molecule has 3 aromatic heterocycles. The summed E-state index contributed by atoms with van der Waals surface area (Å²) in [5.41, 5.74) is 4.51. The van der Waals surface area contributed by atoms with Crippen LogP contribution in [0, 0.1) is 0 Å². The smallest absolute Gasteiger partial charge is 0.237 e. The minimum Gasteiger partial charge on any atom is -0.480 e. The highest BCUT2D eigenvalue weighted by Gasteiger charge is 2.23. The van der Waals surface area contributed by atoms with Crippen molar-refractivity contribution in [3.8, 4) is 28.5 Å². The number of rotatable bonds is 7. The van der Waals surface area contributed by atoms with Gasteiger partial charge in [-0.2, -0.15) is 5.10 Å². The van der Waals surface area contributed by atoms with Crippen molar-refractivity contribution in [3.63, 3.8) is 0 Å². The number of hydrogen-bond donors (Lipinski definition) is 2. The molecule has 0 unspecified atom stereocenters. The van der Waals surface area contributed by atoms with Crippen LogP contribution in [0.2, 0.25) is 0 Å². The van der Waals surface area contributed by atoms with Crippen LogP contribution in [0.25, 0.3) is 33.5 Å². The van der Waals surface area contributed by atoms with Gasteiger partial charge in [-0.25, -0.2) is 9.97 Å². The molecule has 0 aliphatic carbocycles. The van der Waals surface area contributed by atoms with Crippen molar-refractivity contribution in [2.24, 2.45) is 0 Å². The number of benzene rings is 1. The number of ether oxygens (including phenoxy) is 2. The molecule has 1 aliphatic heterocycles. The van der Waals surface area contributed by atoms with E-state index >= 15 is 0 Å². The first-order valence-corrected chi connectivity index (χ1v) is 12.4. The first kappa shape index (κ1) is 22.7. The van der Waals surface area contributed by atoms with E-state index in [-0.39, 0.29) is 12.2 Å². The van der Waals surface area contributed by atoms with Gasteiger partial charge in [-0.05, 0) is 37.6 Å². The van der Waals surface area contributed by atoms with Crippen LogP contribution in [0.5, 0.6) is 5.88 Å². The van der Waals surface area contributed by atoms with Crippen molar-refractivity contribution >= 4 is 28.5 Å². The summed E-state index contributed by atoms with van der Waals surface area (Å²) in [4.78, 5) is 11.4. The molecule has 5 rings (SSSR count). The normalized spacial score (nSPS) is 18.9. The molecule has 0 radical (unpaired) electrons. The molecule has 1 aromatic carbocycles. The van der Waals surface area contributed by atoms with Crippen LogP contribution in [0.4, 0.5) is 5.69 Å². The van der Waals surface area contributed by atoms with Crippen LogP contribution in [-0.4, -0.2) is 63.7 Å². The number of methoxy groups -OCH3 is 1. The first-order valence-electron chi connectivity index (χ1n) is 11.2.